The maximum absolute atomic E-state index is 13.5. The molecule has 6 heteroatoms. The molecule has 0 radical (unpaired) electrons. The monoisotopic (exact) mass is 417 g/mol. The molecule has 5 rings (SSSR count). The molecule has 0 fully saturated rings. The molecule has 1 amide bonds. The Hall–Kier alpha value is -3.25. The number of benzene rings is 2. The third-order valence-electron chi connectivity index (χ3n) is 5.46. The molecular formula is C24H19NO4S. The standard InChI is InChI=1S/C24H19NO4S/c1-14-5-10-19-18(12-14)22(26)20-21(15-6-8-17(30-2)9-7-15)25(24(27)23(20)29-19)13-16-4-3-11-28-16/h3-12,21H,13H2,1-2H3/t21-/m0/s1. The first kappa shape index (κ1) is 18.8. The number of furan rings is 1. The average Bonchev–Trinajstić information content (AvgIpc) is 3.37. The largest absolute Gasteiger partial charge is 0.467 e. The van der Waals surface area contributed by atoms with E-state index in [1.54, 1.807) is 35.1 Å². The van der Waals surface area contributed by atoms with Gasteiger partial charge in [0.2, 0.25) is 5.76 Å². The van der Waals surface area contributed by atoms with Crippen LogP contribution in [-0.4, -0.2) is 17.1 Å². The first-order valence-electron chi connectivity index (χ1n) is 9.61. The van der Waals surface area contributed by atoms with Gasteiger partial charge >= 0.3 is 0 Å². The molecule has 30 heavy (non-hydrogen) atoms. The van der Waals surface area contributed by atoms with E-state index in [0.717, 1.165) is 16.0 Å². The maximum atomic E-state index is 13.5. The van der Waals surface area contributed by atoms with E-state index in [4.69, 9.17) is 8.83 Å². The first-order valence-corrected chi connectivity index (χ1v) is 10.8. The zero-order chi connectivity index (χ0) is 20.8. The zero-order valence-corrected chi connectivity index (χ0v) is 17.4. The van der Waals surface area contributed by atoms with Crippen molar-refractivity contribution in [2.45, 2.75) is 24.4 Å². The Bertz CT molecular complexity index is 1310. The second-order valence-corrected chi connectivity index (χ2v) is 8.24. The molecule has 0 bridgehead atoms. The predicted octanol–water partition coefficient (Wildman–Crippen LogP) is 5.16. The van der Waals surface area contributed by atoms with E-state index in [1.165, 1.54) is 0 Å². The molecule has 0 unspecified atom stereocenters. The Labute approximate surface area is 177 Å². The molecule has 2 aromatic heterocycles. The van der Waals surface area contributed by atoms with E-state index in [1.807, 2.05) is 55.6 Å². The lowest BCUT2D eigenvalue weighted by Gasteiger charge is -2.24. The summed E-state index contributed by atoms with van der Waals surface area (Å²) < 4.78 is 11.5. The van der Waals surface area contributed by atoms with Crippen LogP contribution < -0.4 is 5.43 Å². The molecule has 0 spiro atoms. The molecule has 3 heterocycles. The van der Waals surface area contributed by atoms with Crippen molar-refractivity contribution in [3.63, 3.8) is 0 Å². The van der Waals surface area contributed by atoms with Crippen LogP contribution in [0.3, 0.4) is 0 Å². The van der Waals surface area contributed by atoms with Crippen molar-refractivity contribution in [3.05, 3.63) is 99.3 Å². The van der Waals surface area contributed by atoms with Crippen LogP contribution in [0.5, 0.6) is 0 Å². The number of hydrogen-bond acceptors (Lipinski definition) is 5. The number of rotatable bonds is 4. The molecule has 4 aromatic rings. The molecule has 1 atom stereocenters. The van der Waals surface area contributed by atoms with Gasteiger partial charge in [-0.1, -0.05) is 23.8 Å². The van der Waals surface area contributed by atoms with Crippen molar-refractivity contribution in [3.8, 4) is 0 Å². The van der Waals surface area contributed by atoms with Crippen molar-refractivity contribution in [1.29, 1.82) is 0 Å². The summed E-state index contributed by atoms with van der Waals surface area (Å²) in [5.74, 6) is 0.455. The van der Waals surface area contributed by atoms with Crippen LogP contribution in [0.15, 0.2) is 79.4 Å². The van der Waals surface area contributed by atoms with Crippen molar-refractivity contribution in [2.75, 3.05) is 6.26 Å². The highest BCUT2D eigenvalue weighted by atomic mass is 32.2. The molecule has 0 saturated heterocycles. The predicted molar refractivity (Wildman–Crippen MR) is 116 cm³/mol. The Morgan fingerprint density at radius 2 is 1.87 bits per heavy atom. The SMILES string of the molecule is CSc1ccc([C@H]2c3c(oc4ccc(C)cc4c3=O)C(=O)N2Cc2ccco2)cc1. The molecule has 0 N–H and O–H groups in total. The van der Waals surface area contributed by atoms with E-state index in [2.05, 4.69) is 0 Å². The topological polar surface area (TPSA) is 63.7 Å². The summed E-state index contributed by atoms with van der Waals surface area (Å²) >= 11 is 1.64. The minimum Gasteiger partial charge on any atom is -0.467 e. The summed E-state index contributed by atoms with van der Waals surface area (Å²) in [5, 5.41) is 0.493. The zero-order valence-electron chi connectivity index (χ0n) is 16.5. The van der Waals surface area contributed by atoms with E-state index < -0.39 is 6.04 Å². The summed E-state index contributed by atoms with van der Waals surface area (Å²) in [4.78, 5) is 29.6. The van der Waals surface area contributed by atoms with Gasteiger partial charge in [-0.3, -0.25) is 9.59 Å². The minimum absolute atomic E-state index is 0.113. The second-order valence-electron chi connectivity index (χ2n) is 7.36. The molecule has 5 nitrogen and oxygen atoms in total. The Morgan fingerprint density at radius 3 is 2.57 bits per heavy atom. The Balaban J connectivity index is 1.73. The normalized spacial score (nSPS) is 15.7. The number of carbonyl (C=O) groups excluding carboxylic acids is 1. The highest BCUT2D eigenvalue weighted by molar-refractivity contribution is 7.98. The lowest BCUT2D eigenvalue weighted by atomic mass is 9.98. The van der Waals surface area contributed by atoms with Crippen LogP contribution in [0.2, 0.25) is 0 Å². The molecule has 0 saturated carbocycles. The van der Waals surface area contributed by atoms with Gasteiger partial charge in [-0.2, -0.15) is 0 Å². The minimum atomic E-state index is -0.533. The number of thioether (sulfide) groups is 1. The Kier molecular flexibility index (Phi) is 4.51. The second kappa shape index (κ2) is 7.22. The van der Waals surface area contributed by atoms with Crippen molar-refractivity contribution < 1.29 is 13.6 Å². The van der Waals surface area contributed by atoms with E-state index >= 15 is 0 Å². The van der Waals surface area contributed by atoms with Gasteiger partial charge in [0.05, 0.1) is 29.8 Å². The lowest BCUT2D eigenvalue weighted by Crippen LogP contribution is -2.29. The Morgan fingerprint density at radius 1 is 1.07 bits per heavy atom. The van der Waals surface area contributed by atoms with Gasteiger partial charge in [0, 0.05) is 4.90 Å². The summed E-state index contributed by atoms with van der Waals surface area (Å²) in [7, 11) is 0. The molecule has 2 aromatic carbocycles. The lowest BCUT2D eigenvalue weighted by molar-refractivity contribution is 0.0701. The average molecular weight is 417 g/mol. The highest BCUT2D eigenvalue weighted by Crippen LogP contribution is 2.39. The van der Waals surface area contributed by atoms with Gasteiger partial charge < -0.3 is 13.7 Å². The molecular weight excluding hydrogens is 398 g/mol. The van der Waals surface area contributed by atoms with Gasteiger partial charge in [-0.25, -0.2) is 0 Å². The van der Waals surface area contributed by atoms with Gasteiger partial charge in [0.25, 0.3) is 5.91 Å². The summed E-state index contributed by atoms with van der Waals surface area (Å²) in [6, 6.07) is 16.4. The molecule has 1 aliphatic heterocycles. The maximum Gasteiger partial charge on any atom is 0.291 e. The van der Waals surface area contributed by atoms with Gasteiger partial charge in [-0.05, 0) is 55.1 Å². The van der Waals surface area contributed by atoms with Gasteiger partial charge in [0.1, 0.15) is 11.3 Å². The van der Waals surface area contributed by atoms with Gasteiger partial charge in [-0.15, -0.1) is 11.8 Å². The molecule has 1 aliphatic rings. The third kappa shape index (κ3) is 2.95. The van der Waals surface area contributed by atoms with Crippen molar-refractivity contribution in [2.24, 2.45) is 0 Å². The number of aryl methyl sites for hydroxylation is 1. The smallest absolute Gasteiger partial charge is 0.291 e. The van der Waals surface area contributed by atoms with Crippen LogP contribution in [0.25, 0.3) is 11.0 Å². The summed E-state index contributed by atoms with van der Waals surface area (Å²) in [6.07, 6.45) is 3.58. The molecule has 150 valence electrons. The third-order valence-corrected chi connectivity index (χ3v) is 6.20. The number of nitrogens with zero attached hydrogens (tertiary/aromatic N) is 1. The number of carbonyl (C=O) groups is 1. The quantitative estimate of drug-likeness (QED) is 0.429. The fourth-order valence-electron chi connectivity index (χ4n) is 4.00. The van der Waals surface area contributed by atoms with Crippen LogP contribution >= 0.6 is 11.8 Å². The molecule has 0 aliphatic carbocycles. The number of fused-ring (bicyclic) bond motifs is 2. The first-order chi connectivity index (χ1) is 14.6. The fraction of sp³-hybridized carbons (Fsp3) is 0.167. The summed E-state index contributed by atoms with van der Waals surface area (Å²) in [6.45, 7) is 2.18. The van der Waals surface area contributed by atoms with Crippen LogP contribution in [0.4, 0.5) is 0 Å². The fourth-order valence-corrected chi connectivity index (χ4v) is 4.41. The van der Waals surface area contributed by atoms with Crippen molar-refractivity contribution in [1.82, 2.24) is 4.90 Å². The van der Waals surface area contributed by atoms with E-state index in [0.29, 0.717) is 22.3 Å². The number of hydrogen-bond donors (Lipinski definition) is 0. The van der Waals surface area contributed by atoms with Crippen molar-refractivity contribution >= 4 is 28.6 Å². The van der Waals surface area contributed by atoms with Crippen LogP contribution in [-0.2, 0) is 6.54 Å². The van der Waals surface area contributed by atoms with E-state index in [-0.39, 0.29) is 23.6 Å². The van der Waals surface area contributed by atoms with E-state index in [9.17, 15) is 9.59 Å². The van der Waals surface area contributed by atoms with Crippen LogP contribution in [0, 0.1) is 6.92 Å². The van der Waals surface area contributed by atoms with Gasteiger partial charge in [0.15, 0.2) is 5.43 Å². The highest BCUT2D eigenvalue weighted by Gasteiger charge is 2.43. The van der Waals surface area contributed by atoms with Crippen LogP contribution in [0.1, 0.15) is 39.0 Å². The number of amides is 1. The summed E-state index contributed by atoms with van der Waals surface area (Å²) in [5.41, 5.74) is 2.48.